The molecule has 0 spiro atoms. The van der Waals surface area contributed by atoms with Gasteiger partial charge >= 0.3 is 11.9 Å². The van der Waals surface area contributed by atoms with Crippen molar-refractivity contribution in [2.75, 3.05) is 24.6 Å². The van der Waals surface area contributed by atoms with Crippen LogP contribution in [-0.4, -0.2) is 68.9 Å². The summed E-state index contributed by atoms with van der Waals surface area (Å²) in [5, 5.41) is 27.2. The second-order valence-corrected chi connectivity index (χ2v) is 4.99. The van der Waals surface area contributed by atoms with Gasteiger partial charge in [0.2, 0.25) is 0 Å². The average Bonchev–Trinajstić information content (AvgIpc) is 2.31. The number of aliphatic hydroxyl groups excluding tert-OH is 1. The van der Waals surface area contributed by atoms with Gasteiger partial charge in [-0.15, -0.1) is 0 Å². The van der Waals surface area contributed by atoms with Crippen LogP contribution in [0, 0.1) is 0 Å². The second kappa shape index (κ2) is 9.18. The number of nitrogens with zero attached hydrogens (tertiary/aromatic N) is 1. The first-order valence-electron chi connectivity index (χ1n) is 5.86. The Bertz CT molecular complexity index is 274. The van der Waals surface area contributed by atoms with Crippen molar-refractivity contribution < 1.29 is 24.9 Å². The Labute approximate surface area is 111 Å². The minimum Gasteiger partial charge on any atom is -0.480 e. The Kier molecular flexibility index (Phi) is 8.78. The second-order valence-electron chi connectivity index (χ2n) is 3.91. The first-order chi connectivity index (χ1) is 8.42. The number of carbonyl (C=O) groups is 2. The molecular weight excluding hydrogens is 258 g/mol. The molecular formula is C11H21NO5S. The number of thioether (sulfide) groups is 1. The highest BCUT2D eigenvalue weighted by molar-refractivity contribution is 7.99. The zero-order valence-corrected chi connectivity index (χ0v) is 11.5. The number of carboxylic acids is 2. The van der Waals surface area contributed by atoms with Gasteiger partial charge in [0.15, 0.2) is 0 Å². The fraction of sp³-hybridized carbons (Fsp3) is 0.818. The summed E-state index contributed by atoms with van der Waals surface area (Å²) >= 11 is 1.33. The molecule has 2 atom stereocenters. The minimum absolute atomic E-state index is 0.271. The molecule has 0 radical (unpaired) electrons. The van der Waals surface area contributed by atoms with Crippen molar-refractivity contribution in [3.05, 3.63) is 0 Å². The van der Waals surface area contributed by atoms with Crippen LogP contribution in [0.5, 0.6) is 0 Å². The summed E-state index contributed by atoms with van der Waals surface area (Å²) in [6, 6.07) is -0.833. The maximum atomic E-state index is 11.1. The normalized spacial score (nSPS) is 14.4. The topological polar surface area (TPSA) is 98.1 Å². The van der Waals surface area contributed by atoms with Gasteiger partial charge in [-0.05, 0) is 13.0 Å². The molecule has 0 aliphatic rings. The lowest BCUT2D eigenvalue weighted by molar-refractivity contribution is -0.145. The SMILES string of the molecule is CCC(O)CSCC(C(=O)O)N(CC)CC(=O)O. The van der Waals surface area contributed by atoms with E-state index in [2.05, 4.69) is 0 Å². The fourth-order valence-corrected chi connectivity index (χ4v) is 2.60. The first kappa shape index (κ1) is 17.2. The molecule has 3 N–H and O–H groups in total. The van der Waals surface area contributed by atoms with Gasteiger partial charge in [-0.1, -0.05) is 13.8 Å². The van der Waals surface area contributed by atoms with Crippen LogP contribution in [0.4, 0.5) is 0 Å². The smallest absolute Gasteiger partial charge is 0.321 e. The minimum atomic E-state index is -1.04. The Morgan fingerprint density at radius 1 is 1.22 bits per heavy atom. The fourth-order valence-electron chi connectivity index (χ4n) is 1.38. The summed E-state index contributed by atoms with van der Waals surface area (Å²) < 4.78 is 0. The van der Waals surface area contributed by atoms with Gasteiger partial charge in [0.05, 0.1) is 12.6 Å². The van der Waals surface area contributed by atoms with Gasteiger partial charge in [0.25, 0.3) is 0 Å². The van der Waals surface area contributed by atoms with Gasteiger partial charge < -0.3 is 15.3 Å². The average molecular weight is 279 g/mol. The number of aliphatic carboxylic acids is 2. The summed E-state index contributed by atoms with van der Waals surface area (Å²) in [5.41, 5.74) is 0. The van der Waals surface area contributed by atoms with E-state index < -0.39 is 24.1 Å². The van der Waals surface area contributed by atoms with Crippen LogP contribution in [0.25, 0.3) is 0 Å². The quantitative estimate of drug-likeness (QED) is 0.531. The molecule has 0 aromatic heterocycles. The Balaban J connectivity index is 4.35. The van der Waals surface area contributed by atoms with Gasteiger partial charge in [0.1, 0.15) is 6.04 Å². The first-order valence-corrected chi connectivity index (χ1v) is 7.02. The van der Waals surface area contributed by atoms with E-state index in [-0.39, 0.29) is 12.3 Å². The van der Waals surface area contributed by atoms with Crippen molar-refractivity contribution >= 4 is 23.7 Å². The van der Waals surface area contributed by atoms with Gasteiger partial charge in [-0.2, -0.15) is 11.8 Å². The van der Waals surface area contributed by atoms with Crippen LogP contribution >= 0.6 is 11.8 Å². The molecule has 6 nitrogen and oxygen atoms in total. The largest absolute Gasteiger partial charge is 0.480 e. The van der Waals surface area contributed by atoms with E-state index in [9.17, 15) is 14.7 Å². The van der Waals surface area contributed by atoms with Gasteiger partial charge in [0, 0.05) is 11.5 Å². The highest BCUT2D eigenvalue weighted by atomic mass is 32.2. The number of carboxylic acid groups (broad SMARTS) is 2. The van der Waals surface area contributed by atoms with E-state index >= 15 is 0 Å². The molecule has 0 aromatic rings. The monoisotopic (exact) mass is 279 g/mol. The molecule has 0 aliphatic heterocycles. The third kappa shape index (κ3) is 6.83. The predicted octanol–water partition coefficient (Wildman–Crippen LogP) is 0.350. The molecule has 18 heavy (non-hydrogen) atoms. The third-order valence-electron chi connectivity index (χ3n) is 2.53. The van der Waals surface area contributed by atoms with Gasteiger partial charge in [-0.3, -0.25) is 14.5 Å². The Morgan fingerprint density at radius 2 is 1.83 bits per heavy atom. The zero-order chi connectivity index (χ0) is 14.1. The number of aliphatic hydroxyl groups is 1. The highest BCUT2D eigenvalue weighted by Gasteiger charge is 2.26. The number of hydrogen-bond acceptors (Lipinski definition) is 5. The maximum absolute atomic E-state index is 11.1. The number of likely N-dealkylation sites (N-methyl/N-ethyl adjacent to an activating group) is 1. The third-order valence-corrected chi connectivity index (χ3v) is 3.70. The maximum Gasteiger partial charge on any atom is 0.321 e. The van der Waals surface area contributed by atoms with Crippen LogP contribution in [-0.2, 0) is 9.59 Å². The molecule has 0 saturated heterocycles. The van der Waals surface area contributed by atoms with E-state index in [1.165, 1.54) is 16.7 Å². The molecule has 0 fully saturated rings. The van der Waals surface area contributed by atoms with E-state index in [1.807, 2.05) is 6.92 Å². The molecule has 0 amide bonds. The lowest BCUT2D eigenvalue weighted by Crippen LogP contribution is -2.45. The van der Waals surface area contributed by atoms with E-state index in [0.717, 1.165) is 0 Å². The lowest BCUT2D eigenvalue weighted by Gasteiger charge is -2.25. The van der Waals surface area contributed by atoms with Crippen molar-refractivity contribution in [3.63, 3.8) is 0 Å². The van der Waals surface area contributed by atoms with Crippen LogP contribution in [0.2, 0.25) is 0 Å². The summed E-state index contributed by atoms with van der Waals surface area (Å²) in [6.45, 7) is 3.65. The summed E-state index contributed by atoms with van der Waals surface area (Å²) in [7, 11) is 0. The summed E-state index contributed by atoms with van der Waals surface area (Å²) in [5.74, 6) is -1.34. The molecule has 0 aromatic carbocycles. The molecule has 0 saturated carbocycles. The van der Waals surface area contributed by atoms with Crippen LogP contribution in [0.3, 0.4) is 0 Å². The molecule has 0 rings (SSSR count). The number of rotatable bonds is 10. The van der Waals surface area contributed by atoms with E-state index in [1.54, 1.807) is 6.92 Å². The Morgan fingerprint density at radius 3 is 2.22 bits per heavy atom. The van der Waals surface area contributed by atoms with Crippen molar-refractivity contribution in [1.29, 1.82) is 0 Å². The van der Waals surface area contributed by atoms with Crippen LogP contribution in [0.15, 0.2) is 0 Å². The van der Waals surface area contributed by atoms with E-state index in [0.29, 0.717) is 18.7 Å². The summed E-state index contributed by atoms with van der Waals surface area (Å²) in [4.78, 5) is 23.2. The van der Waals surface area contributed by atoms with E-state index in [4.69, 9.17) is 10.2 Å². The van der Waals surface area contributed by atoms with Crippen molar-refractivity contribution in [2.45, 2.75) is 32.4 Å². The molecule has 106 valence electrons. The molecule has 7 heteroatoms. The van der Waals surface area contributed by atoms with Crippen LogP contribution < -0.4 is 0 Å². The molecule has 2 unspecified atom stereocenters. The molecule has 0 aliphatic carbocycles. The number of hydrogen-bond donors (Lipinski definition) is 3. The molecule has 0 heterocycles. The van der Waals surface area contributed by atoms with Gasteiger partial charge in [-0.25, -0.2) is 0 Å². The van der Waals surface area contributed by atoms with Crippen molar-refractivity contribution in [1.82, 2.24) is 4.90 Å². The van der Waals surface area contributed by atoms with Crippen molar-refractivity contribution in [3.8, 4) is 0 Å². The van der Waals surface area contributed by atoms with Crippen LogP contribution in [0.1, 0.15) is 20.3 Å². The summed E-state index contributed by atoms with van der Waals surface area (Å²) in [6.07, 6.45) is 0.177. The Hall–Kier alpha value is -0.790. The highest BCUT2D eigenvalue weighted by Crippen LogP contribution is 2.12. The zero-order valence-electron chi connectivity index (χ0n) is 10.7. The predicted molar refractivity (Wildman–Crippen MR) is 69.9 cm³/mol. The molecule has 0 bridgehead atoms. The standard InChI is InChI=1S/C11H21NO5S/c1-3-8(13)6-18-7-9(11(16)17)12(4-2)5-10(14)15/h8-9,13H,3-7H2,1-2H3,(H,14,15)(H,16,17). The lowest BCUT2D eigenvalue weighted by atomic mass is 10.3. The van der Waals surface area contributed by atoms with Crippen molar-refractivity contribution in [2.24, 2.45) is 0 Å².